The summed E-state index contributed by atoms with van der Waals surface area (Å²) in [5.41, 5.74) is -0.834. The van der Waals surface area contributed by atoms with Crippen LogP contribution < -0.4 is 5.32 Å². The Morgan fingerprint density at radius 1 is 1.30 bits per heavy atom. The van der Waals surface area contributed by atoms with E-state index in [1.54, 1.807) is 12.0 Å². The zero-order valence-corrected chi connectivity index (χ0v) is 12.3. The molecule has 6 heteroatoms. The van der Waals surface area contributed by atoms with Crippen molar-refractivity contribution >= 4 is 12.0 Å². The molecule has 2 fully saturated rings. The summed E-state index contributed by atoms with van der Waals surface area (Å²) >= 11 is 0. The zero-order chi connectivity index (χ0) is 14.8. The minimum Gasteiger partial charge on any atom is -0.481 e. The molecule has 1 saturated carbocycles. The highest BCUT2D eigenvalue weighted by Gasteiger charge is 2.42. The Kier molecular flexibility index (Phi) is 4.22. The first-order valence-electron chi connectivity index (χ1n) is 7.22. The van der Waals surface area contributed by atoms with E-state index in [-0.39, 0.29) is 18.1 Å². The minimum atomic E-state index is -0.856. The average Bonchev–Trinajstić information content (AvgIpc) is 2.35. The van der Waals surface area contributed by atoms with Crippen molar-refractivity contribution in [3.8, 4) is 0 Å². The number of nitrogens with zero attached hydrogens (tertiary/aromatic N) is 1. The van der Waals surface area contributed by atoms with E-state index in [0.29, 0.717) is 13.1 Å². The molecule has 2 amide bonds. The van der Waals surface area contributed by atoms with Crippen LogP contribution in [0.5, 0.6) is 0 Å². The van der Waals surface area contributed by atoms with E-state index in [1.165, 1.54) is 0 Å². The SMILES string of the molecule is COC1(C)CCCN(C(=O)NC2(CC(=O)O)CCC2)C1. The predicted molar refractivity (Wildman–Crippen MR) is 73.6 cm³/mol. The van der Waals surface area contributed by atoms with Crippen LogP contribution >= 0.6 is 0 Å². The topological polar surface area (TPSA) is 78.9 Å². The van der Waals surface area contributed by atoms with Gasteiger partial charge in [0.15, 0.2) is 0 Å². The Bertz CT molecular complexity index is 395. The standard InChI is InChI=1S/C14H24N2O4/c1-13(20-2)5-4-8-16(10-13)12(19)15-14(6-3-7-14)9-11(17)18/h3-10H2,1-2H3,(H,15,19)(H,17,18). The lowest BCUT2D eigenvalue weighted by atomic mass is 9.74. The fraction of sp³-hybridized carbons (Fsp3) is 0.857. The van der Waals surface area contributed by atoms with Crippen molar-refractivity contribution in [2.45, 2.75) is 56.6 Å². The van der Waals surface area contributed by atoms with Gasteiger partial charge in [0, 0.05) is 13.7 Å². The van der Waals surface area contributed by atoms with Gasteiger partial charge >= 0.3 is 12.0 Å². The van der Waals surface area contributed by atoms with E-state index in [9.17, 15) is 9.59 Å². The van der Waals surface area contributed by atoms with Crippen LogP contribution in [0, 0.1) is 0 Å². The first-order valence-corrected chi connectivity index (χ1v) is 7.22. The molecule has 1 heterocycles. The fourth-order valence-electron chi connectivity index (χ4n) is 3.09. The maximum Gasteiger partial charge on any atom is 0.317 e. The number of aliphatic carboxylic acids is 1. The zero-order valence-electron chi connectivity index (χ0n) is 12.3. The van der Waals surface area contributed by atoms with Gasteiger partial charge in [0.2, 0.25) is 0 Å². The maximum atomic E-state index is 12.4. The molecule has 0 bridgehead atoms. The summed E-state index contributed by atoms with van der Waals surface area (Å²) in [5.74, 6) is -0.856. The third-order valence-electron chi connectivity index (χ3n) is 4.61. The Balaban J connectivity index is 1.95. The van der Waals surface area contributed by atoms with Gasteiger partial charge in [-0.25, -0.2) is 4.79 Å². The van der Waals surface area contributed by atoms with E-state index in [1.807, 2.05) is 6.92 Å². The van der Waals surface area contributed by atoms with Gasteiger partial charge in [-0.2, -0.15) is 0 Å². The molecule has 20 heavy (non-hydrogen) atoms. The molecule has 1 atom stereocenters. The van der Waals surface area contributed by atoms with Crippen LogP contribution in [0.2, 0.25) is 0 Å². The highest BCUT2D eigenvalue weighted by molar-refractivity contribution is 5.77. The molecule has 1 saturated heterocycles. The molecule has 2 aliphatic rings. The summed E-state index contributed by atoms with van der Waals surface area (Å²) in [6.45, 7) is 3.26. The lowest BCUT2D eigenvalue weighted by Gasteiger charge is -2.45. The molecule has 2 rings (SSSR count). The van der Waals surface area contributed by atoms with Crippen LogP contribution in [0.15, 0.2) is 0 Å². The molecule has 6 nitrogen and oxygen atoms in total. The van der Waals surface area contributed by atoms with Crippen molar-refractivity contribution < 1.29 is 19.4 Å². The number of ether oxygens (including phenoxy) is 1. The van der Waals surface area contributed by atoms with E-state index < -0.39 is 11.5 Å². The van der Waals surface area contributed by atoms with Crippen LogP contribution in [-0.4, -0.2) is 53.3 Å². The second-order valence-corrected chi connectivity index (χ2v) is 6.31. The van der Waals surface area contributed by atoms with Crippen LogP contribution in [0.3, 0.4) is 0 Å². The molecular weight excluding hydrogens is 260 g/mol. The van der Waals surface area contributed by atoms with E-state index in [2.05, 4.69) is 5.32 Å². The molecule has 114 valence electrons. The minimum absolute atomic E-state index is 0.00806. The molecule has 2 N–H and O–H groups in total. The van der Waals surface area contributed by atoms with Crippen molar-refractivity contribution in [2.75, 3.05) is 20.2 Å². The van der Waals surface area contributed by atoms with Gasteiger partial charge in [-0.05, 0) is 39.0 Å². The number of carboxylic acids is 1. The molecule has 0 aromatic heterocycles. The normalized spacial score (nSPS) is 28.6. The summed E-state index contributed by atoms with van der Waals surface area (Å²) in [6, 6.07) is -0.158. The second-order valence-electron chi connectivity index (χ2n) is 6.31. The summed E-state index contributed by atoms with van der Waals surface area (Å²) in [6.07, 6.45) is 4.33. The monoisotopic (exact) mass is 284 g/mol. The smallest absolute Gasteiger partial charge is 0.317 e. The van der Waals surface area contributed by atoms with E-state index in [0.717, 1.165) is 32.1 Å². The Hall–Kier alpha value is -1.30. The first-order chi connectivity index (χ1) is 9.38. The number of hydrogen-bond acceptors (Lipinski definition) is 3. The third-order valence-corrected chi connectivity index (χ3v) is 4.61. The molecule has 0 aromatic carbocycles. The van der Waals surface area contributed by atoms with Crippen LogP contribution in [0.4, 0.5) is 4.79 Å². The van der Waals surface area contributed by atoms with Gasteiger partial charge in [0.1, 0.15) is 0 Å². The number of methoxy groups -OCH3 is 1. The molecular formula is C14H24N2O4. The Morgan fingerprint density at radius 3 is 2.50 bits per heavy atom. The summed E-state index contributed by atoms with van der Waals surface area (Å²) in [4.78, 5) is 25.0. The van der Waals surface area contributed by atoms with Crippen molar-refractivity contribution in [3.05, 3.63) is 0 Å². The van der Waals surface area contributed by atoms with Crippen LogP contribution in [0.25, 0.3) is 0 Å². The van der Waals surface area contributed by atoms with Crippen molar-refractivity contribution in [1.29, 1.82) is 0 Å². The maximum absolute atomic E-state index is 12.4. The highest BCUT2D eigenvalue weighted by atomic mass is 16.5. The molecule has 0 radical (unpaired) electrons. The number of carbonyl (C=O) groups excluding carboxylic acids is 1. The van der Waals surface area contributed by atoms with Crippen LogP contribution in [-0.2, 0) is 9.53 Å². The molecule has 1 unspecified atom stereocenters. The van der Waals surface area contributed by atoms with Crippen molar-refractivity contribution in [2.24, 2.45) is 0 Å². The predicted octanol–water partition coefficient (Wildman–Crippen LogP) is 1.59. The molecule has 1 aliphatic heterocycles. The summed E-state index contributed by atoms with van der Waals surface area (Å²) < 4.78 is 5.48. The first kappa shape index (κ1) is 15.1. The summed E-state index contributed by atoms with van der Waals surface area (Å²) in [7, 11) is 1.67. The number of nitrogens with one attached hydrogen (secondary N) is 1. The van der Waals surface area contributed by atoms with Gasteiger partial charge in [0.05, 0.1) is 24.1 Å². The van der Waals surface area contributed by atoms with Gasteiger partial charge < -0.3 is 20.1 Å². The number of hydrogen-bond donors (Lipinski definition) is 2. The van der Waals surface area contributed by atoms with E-state index in [4.69, 9.17) is 9.84 Å². The molecule has 0 aromatic rings. The Labute approximate surface area is 119 Å². The molecule has 0 spiro atoms. The van der Waals surface area contributed by atoms with Crippen molar-refractivity contribution in [3.63, 3.8) is 0 Å². The van der Waals surface area contributed by atoms with Gasteiger partial charge in [-0.3, -0.25) is 4.79 Å². The van der Waals surface area contributed by atoms with Crippen molar-refractivity contribution in [1.82, 2.24) is 10.2 Å². The average molecular weight is 284 g/mol. The number of carboxylic acid groups (broad SMARTS) is 1. The van der Waals surface area contributed by atoms with Gasteiger partial charge in [-0.1, -0.05) is 0 Å². The van der Waals surface area contributed by atoms with E-state index >= 15 is 0 Å². The second kappa shape index (κ2) is 5.60. The number of amides is 2. The Morgan fingerprint density at radius 2 is 2.00 bits per heavy atom. The van der Waals surface area contributed by atoms with Gasteiger partial charge in [-0.15, -0.1) is 0 Å². The third kappa shape index (κ3) is 3.23. The number of carbonyl (C=O) groups is 2. The lowest BCUT2D eigenvalue weighted by Crippen LogP contribution is -2.60. The highest BCUT2D eigenvalue weighted by Crippen LogP contribution is 2.35. The lowest BCUT2D eigenvalue weighted by molar-refractivity contribution is -0.139. The largest absolute Gasteiger partial charge is 0.481 e. The fourth-order valence-corrected chi connectivity index (χ4v) is 3.09. The summed E-state index contributed by atoms with van der Waals surface area (Å²) in [5, 5.41) is 11.9. The number of urea groups is 1. The quantitative estimate of drug-likeness (QED) is 0.821. The van der Waals surface area contributed by atoms with Crippen LogP contribution in [0.1, 0.15) is 45.4 Å². The number of rotatable bonds is 4. The van der Waals surface area contributed by atoms with Gasteiger partial charge in [0.25, 0.3) is 0 Å². The number of likely N-dealkylation sites (tertiary alicyclic amines) is 1. The number of piperidine rings is 1. The molecule has 1 aliphatic carbocycles.